The molecule has 1 amide bonds. The molecule has 1 aromatic carbocycles. The molecular formula is C12H10FNO2. The first-order valence-electron chi connectivity index (χ1n) is 4.77. The van der Waals surface area contributed by atoms with Crippen molar-refractivity contribution in [3.05, 3.63) is 53.7 Å². The van der Waals surface area contributed by atoms with Gasteiger partial charge in [0.1, 0.15) is 5.82 Å². The summed E-state index contributed by atoms with van der Waals surface area (Å²) in [6, 6.07) is 7.49. The molecule has 82 valence electrons. The first-order valence-corrected chi connectivity index (χ1v) is 4.77. The number of hydrogen-bond acceptors (Lipinski definition) is 2. The van der Waals surface area contributed by atoms with Gasteiger partial charge >= 0.3 is 0 Å². The molecule has 2 aromatic rings. The van der Waals surface area contributed by atoms with E-state index in [0.29, 0.717) is 5.69 Å². The van der Waals surface area contributed by atoms with E-state index in [4.69, 9.17) is 4.42 Å². The lowest BCUT2D eigenvalue weighted by Gasteiger charge is -2.04. The van der Waals surface area contributed by atoms with Crippen molar-refractivity contribution >= 4 is 11.6 Å². The van der Waals surface area contributed by atoms with Crippen molar-refractivity contribution in [1.82, 2.24) is 0 Å². The van der Waals surface area contributed by atoms with Crippen LogP contribution in [-0.4, -0.2) is 5.91 Å². The summed E-state index contributed by atoms with van der Waals surface area (Å²) in [6.45, 7) is 1.76. The summed E-state index contributed by atoms with van der Waals surface area (Å²) in [4.78, 5) is 11.6. The van der Waals surface area contributed by atoms with Gasteiger partial charge in [0, 0.05) is 5.69 Å². The van der Waals surface area contributed by atoms with E-state index in [-0.39, 0.29) is 11.6 Å². The van der Waals surface area contributed by atoms with Gasteiger partial charge in [-0.3, -0.25) is 4.79 Å². The maximum Gasteiger partial charge on any atom is 0.291 e. The molecule has 0 aliphatic heterocycles. The number of anilines is 1. The molecule has 3 nitrogen and oxygen atoms in total. The van der Waals surface area contributed by atoms with E-state index in [1.54, 1.807) is 25.1 Å². The van der Waals surface area contributed by atoms with Crippen LogP contribution < -0.4 is 5.32 Å². The first-order chi connectivity index (χ1) is 7.65. The number of hydrogen-bond donors (Lipinski definition) is 1. The molecule has 0 atom stereocenters. The van der Waals surface area contributed by atoms with E-state index in [1.165, 1.54) is 18.4 Å². The Hall–Kier alpha value is -2.10. The minimum absolute atomic E-state index is 0.196. The molecule has 1 N–H and O–H groups in total. The average molecular weight is 219 g/mol. The molecule has 0 saturated heterocycles. The van der Waals surface area contributed by atoms with E-state index in [0.717, 1.165) is 5.56 Å². The van der Waals surface area contributed by atoms with Crippen LogP contribution in [0.4, 0.5) is 10.1 Å². The average Bonchev–Trinajstić information content (AvgIpc) is 2.68. The fourth-order valence-corrected chi connectivity index (χ4v) is 1.41. The van der Waals surface area contributed by atoms with Crippen LogP contribution in [0.2, 0.25) is 0 Å². The van der Waals surface area contributed by atoms with Gasteiger partial charge in [0.15, 0.2) is 5.76 Å². The van der Waals surface area contributed by atoms with Crippen LogP contribution in [0.1, 0.15) is 16.1 Å². The van der Waals surface area contributed by atoms with Crippen LogP contribution in [0.15, 0.2) is 41.0 Å². The molecule has 0 fully saturated rings. The molecule has 1 heterocycles. The number of carbonyl (C=O) groups excluding carboxylic acids is 1. The summed E-state index contributed by atoms with van der Waals surface area (Å²) >= 11 is 0. The number of rotatable bonds is 2. The van der Waals surface area contributed by atoms with Crippen molar-refractivity contribution in [3.63, 3.8) is 0 Å². The number of halogens is 1. The second-order valence-corrected chi connectivity index (χ2v) is 3.45. The predicted molar refractivity (Wildman–Crippen MR) is 57.8 cm³/mol. The van der Waals surface area contributed by atoms with Crippen LogP contribution in [0, 0.1) is 12.7 Å². The summed E-state index contributed by atoms with van der Waals surface area (Å²) in [5.41, 5.74) is 1.16. The van der Waals surface area contributed by atoms with Crippen molar-refractivity contribution in [2.24, 2.45) is 0 Å². The summed E-state index contributed by atoms with van der Waals surface area (Å²) in [7, 11) is 0. The molecule has 0 unspecified atom stereocenters. The van der Waals surface area contributed by atoms with Crippen LogP contribution >= 0.6 is 0 Å². The SMILES string of the molecule is Cc1cc(F)cc(NC(=O)c2ccco2)c1. The normalized spacial score (nSPS) is 10.1. The fraction of sp³-hybridized carbons (Fsp3) is 0.0833. The zero-order valence-corrected chi connectivity index (χ0v) is 8.66. The van der Waals surface area contributed by atoms with E-state index < -0.39 is 5.91 Å². The highest BCUT2D eigenvalue weighted by atomic mass is 19.1. The number of amides is 1. The Kier molecular flexibility index (Phi) is 2.72. The molecule has 1 aromatic heterocycles. The third kappa shape index (κ3) is 2.28. The molecular weight excluding hydrogens is 209 g/mol. The fourth-order valence-electron chi connectivity index (χ4n) is 1.41. The number of nitrogens with one attached hydrogen (secondary N) is 1. The molecule has 0 radical (unpaired) electrons. The third-order valence-corrected chi connectivity index (χ3v) is 2.04. The van der Waals surface area contributed by atoms with Gasteiger partial charge in [0.05, 0.1) is 6.26 Å². The summed E-state index contributed by atoms with van der Waals surface area (Å²) in [5, 5.41) is 2.55. The topological polar surface area (TPSA) is 42.2 Å². The monoisotopic (exact) mass is 219 g/mol. The van der Waals surface area contributed by atoms with Gasteiger partial charge in [-0.2, -0.15) is 0 Å². The molecule has 0 bridgehead atoms. The molecule has 0 saturated carbocycles. The summed E-state index contributed by atoms with van der Waals surface area (Å²) < 4.78 is 18.0. The largest absolute Gasteiger partial charge is 0.459 e. The summed E-state index contributed by atoms with van der Waals surface area (Å²) in [5.74, 6) is -0.577. The Morgan fingerprint density at radius 2 is 2.19 bits per heavy atom. The van der Waals surface area contributed by atoms with Crippen LogP contribution in [0.25, 0.3) is 0 Å². The zero-order valence-electron chi connectivity index (χ0n) is 8.66. The smallest absolute Gasteiger partial charge is 0.291 e. The van der Waals surface area contributed by atoms with Crippen molar-refractivity contribution in [2.45, 2.75) is 6.92 Å². The third-order valence-electron chi connectivity index (χ3n) is 2.04. The Morgan fingerprint density at radius 3 is 2.81 bits per heavy atom. The lowest BCUT2D eigenvalue weighted by atomic mass is 10.2. The zero-order chi connectivity index (χ0) is 11.5. The van der Waals surface area contributed by atoms with Crippen molar-refractivity contribution < 1.29 is 13.6 Å². The van der Waals surface area contributed by atoms with Crippen LogP contribution in [-0.2, 0) is 0 Å². The maximum atomic E-state index is 13.0. The molecule has 4 heteroatoms. The van der Waals surface area contributed by atoms with Gasteiger partial charge in [-0.25, -0.2) is 4.39 Å². The number of aryl methyl sites for hydroxylation is 1. The Balaban J connectivity index is 2.18. The Morgan fingerprint density at radius 1 is 1.38 bits per heavy atom. The van der Waals surface area contributed by atoms with Gasteiger partial charge in [-0.1, -0.05) is 0 Å². The lowest BCUT2D eigenvalue weighted by molar-refractivity contribution is 0.0996. The lowest BCUT2D eigenvalue weighted by Crippen LogP contribution is -2.11. The van der Waals surface area contributed by atoms with Crippen molar-refractivity contribution in [2.75, 3.05) is 5.32 Å². The van der Waals surface area contributed by atoms with Crippen LogP contribution in [0.3, 0.4) is 0 Å². The number of carbonyl (C=O) groups is 1. The van der Waals surface area contributed by atoms with E-state index >= 15 is 0 Å². The Labute approximate surface area is 91.9 Å². The van der Waals surface area contributed by atoms with Crippen molar-refractivity contribution in [1.29, 1.82) is 0 Å². The molecule has 0 aliphatic carbocycles. The van der Waals surface area contributed by atoms with Crippen molar-refractivity contribution in [3.8, 4) is 0 Å². The van der Waals surface area contributed by atoms with E-state index in [9.17, 15) is 9.18 Å². The van der Waals surface area contributed by atoms with Gasteiger partial charge in [-0.05, 0) is 42.8 Å². The molecule has 0 spiro atoms. The van der Waals surface area contributed by atoms with E-state index in [1.807, 2.05) is 0 Å². The number of benzene rings is 1. The minimum atomic E-state index is -0.394. The standard InChI is InChI=1S/C12H10FNO2/c1-8-5-9(13)7-10(6-8)14-12(15)11-3-2-4-16-11/h2-7H,1H3,(H,14,15). The van der Waals surface area contributed by atoms with Crippen LogP contribution in [0.5, 0.6) is 0 Å². The molecule has 16 heavy (non-hydrogen) atoms. The first kappa shape index (κ1) is 10.4. The highest BCUT2D eigenvalue weighted by Crippen LogP contribution is 2.14. The van der Waals surface area contributed by atoms with E-state index in [2.05, 4.69) is 5.32 Å². The minimum Gasteiger partial charge on any atom is -0.459 e. The van der Waals surface area contributed by atoms with Gasteiger partial charge in [0.2, 0.25) is 0 Å². The predicted octanol–water partition coefficient (Wildman–Crippen LogP) is 2.98. The Bertz CT molecular complexity index is 485. The second-order valence-electron chi connectivity index (χ2n) is 3.45. The second kappa shape index (κ2) is 4.18. The highest BCUT2D eigenvalue weighted by molar-refractivity contribution is 6.02. The quantitative estimate of drug-likeness (QED) is 0.843. The van der Waals surface area contributed by atoms with Gasteiger partial charge < -0.3 is 9.73 Å². The maximum absolute atomic E-state index is 13.0. The highest BCUT2D eigenvalue weighted by Gasteiger charge is 2.09. The van der Waals surface area contributed by atoms with Gasteiger partial charge in [-0.15, -0.1) is 0 Å². The molecule has 2 rings (SSSR count). The molecule has 0 aliphatic rings. The van der Waals surface area contributed by atoms with Gasteiger partial charge in [0.25, 0.3) is 5.91 Å². The number of furan rings is 1. The summed E-state index contributed by atoms with van der Waals surface area (Å²) in [6.07, 6.45) is 1.41.